The first-order chi connectivity index (χ1) is 12.0. The van der Waals surface area contributed by atoms with Gasteiger partial charge >= 0.3 is 0 Å². The number of likely N-dealkylation sites (N-methyl/N-ethyl adjacent to an activating group) is 1. The zero-order valence-electron chi connectivity index (χ0n) is 16.1. The van der Waals surface area contributed by atoms with Gasteiger partial charge < -0.3 is 4.90 Å². The third kappa shape index (κ3) is 3.21. The normalized spacial score (nSPS) is 16.2. The number of aromatic amines is 1. The van der Waals surface area contributed by atoms with Gasteiger partial charge in [0.25, 0.3) is 0 Å². The van der Waals surface area contributed by atoms with Gasteiger partial charge in [0.1, 0.15) is 4.90 Å². The number of hydrogen-bond acceptors (Lipinski definition) is 6. The van der Waals surface area contributed by atoms with Gasteiger partial charge in [-0.25, -0.2) is 8.42 Å². The van der Waals surface area contributed by atoms with Crippen LogP contribution in [0.2, 0.25) is 0 Å². The van der Waals surface area contributed by atoms with E-state index in [1.54, 1.807) is 20.9 Å². The van der Waals surface area contributed by atoms with Crippen LogP contribution in [0.3, 0.4) is 0 Å². The van der Waals surface area contributed by atoms with Gasteiger partial charge in [0.15, 0.2) is 5.82 Å². The van der Waals surface area contributed by atoms with Crippen molar-refractivity contribution in [3.05, 3.63) is 29.2 Å². The van der Waals surface area contributed by atoms with Gasteiger partial charge in [-0.3, -0.25) is 5.10 Å². The number of aromatic nitrogens is 4. The third-order valence-corrected chi connectivity index (χ3v) is 6.99. The van der Waals surface area contributed by atoms with Crippen molar-refractivity contribution in [2.24, 2.45) is 0 Å². The summed E-state index contributed by atoms with van der Waals surface area (Å²) in [6.07, 6.45) is 0. The Morgan fingerprint density at radius 3 is 2.31 bits per heavy atom. The Morgan fingerprint density at radius 1 is 1.19 bits per heavy atom. The summed E-state index contributed by atoms with van der Waals surface area (Å²) in [5.41, 5.74) is 1.95. The summed E-state index contributed by atoms with van der Waals surface area (Å²) in [5.74, 6) is 0.774. The van der Waals surface area contributed by atoms with E-state index in [0.717, 1.165) is 11.5 Å². The topological polar surface area (TPSA) is 95.1 Å². The predicted molar refractivity (Wildman–Crippen MR) is 99.7 cm³/mol. The number of nitrogens with one attached hydrogen (secondary N) is 1. The lowest BCUT2D eigenvalue weighted by atomic mass is 9.92. The Labute approximate surface area is 154 Å². The van der Waals surface area contributed by atoms with Gasteiger partial charge in [-0.1, -0.05) is 20.8 Å². The van der Waals surface area contributed by atoms with Crippen LogP contribution in [-0.2, 0) is 15.4 Å². The molecule has 0 aromatic carbocycles. The molecular weight excluding hydrogens is 352 g/mol. The highest BCUT2D eigenvalue weighted by Crippen LogP contribution is 2.28. The van der Waals surface area contributed by atoms with Gasteiger partial charge in [-0.05, 0) is 26.0 Å². The van der Waals surface area contributed by atoms with Gasteiger partial charge in [-0.2, -0.15) is 14.5 Å². The Bertz CT molecular complexity index is 873. The van der Waals surface area contributed by atoms with Crippen molar-refractivity contribution in [3.8, 4) is 0 Å². The van der Waals surface area contributed by atoms with Crippen molar-refractivity contribution in [2.45, 2.75) is 51.0 Å². The van der Waals surface area contributed by atoms with Gasteiger partial charge in [0, 0.05) is 25.6 Å². The van der Waals surface area contributed by atoms with E-state index in [4.69, 9.17) is 0 Å². The molecule has 0 amide bonds. The van der Waals surface area contributed by atoms with E-state index in [1.165, 1.54) is 4.31 Å². The Balaban J connectivity index is 1.70. The first-order valence-electron chi connectivity index (χ1n) is 8.60. The summed E-state index contributed by atoms with van der Waals surface area (Å²) in [4.78, 5) is 2.30. The van der Waals surface area contributed by atoms with Crippen LogP contribution in [0.4, 0.5) is 5.82 Å². The molecule has 9 heteroatoms. The molecular formula is C17H26N6O2S. The first-order valence-corrected chi connectivity index (χ1v) is 10.0. The van der Waals surface area contributed by atoms with Crippen molar-refractivity contribution in [3.63, 3.8) is 0 Å². The molecule has 2 aromatic heterocycles. The number of sulfonamides is 1. The lowest BCUT2D eigenvalue weighted by molar-refractivity contribution is 0.308. The van der Waals surface area contributed by atoms with Crippen LogP contribution in [0.5, 0.6) is 0 Å². The zero-order valence-corrected chi connectivity index (χ0v) is 16.9. The molecule has 3 rings (SSSR count). The molecule has 142 valence electrons. The first kappa shape index (κ1) is 18.8. The van der Waals surface area contributed by atoms with Crippen LogP contribution < -0.4 is 4.90 Å². The highest BCUT2D eigenvalue weighted by Gasteiger charge is 2.39. The monoisotopic (exact) mass is 378 g/mol. The van der Waals surface area contributed by atoms with Crippen LogP contribution in [0.25, 0.3) is 0 Å². The lowest BCUT2D eigenvalue weighted by Crippen LogP contribution is -2.60. The largest absolute Gasteiger partial charge is 0.352 e. The summed E-state index contributed by atoms with van der Waals surface area (Å²) in [6.45, 7) is 10.9. The molecule has 0 bridgehead atoms. The average molecular weight is 379 g/mol. The predicted octanol–water partition coefficient (Wildman–Crippen LogP) is 1.62. The quantitative estimate of drug-likeness (QED) is 0.869. The molecule has 3 heterocycles. The summed E-state index contributed by atoms with van der Waals surface area (Å²) in [5, 5.41) is 15.3. The fraction of sp³-hybridized carbons (Fsp3) is 0.588. The smallest absolute Gasteiger partial charge is 0.246 e. The summed E-state index contributed by atoms with van der Waals surface area (Å²) < 4.78 is 27.2. The van der Waals surface area contributed by atoms with Gasteiger partial charge in [0.05, 0.1) is 23.1 Å². The minimum absolute atomic E-state index is 0.0440. The number of aryl methyl sites for hydroxylation is 2. The van der Waals surface area contributed by atoms with Crippen molar-refractivity contribution in [1.29, 1.82) is 0 Å². The van der Waals surface area contributed by atoms with E-state index < -0.39 is 10.0 Å². The Kier molecular flexibility index (Phi) is 4.56. The summed E-state index contributed by atoms with van der Waals surface area (Å²) in [7, 11) is -1.95. The number of anilines is 1. The Morgan fingerprint density at radius 2 is 1.85 bits per heavy atom. The second kappa shape index (κ2) is 6.31. The molecule has 1 fully saturated rings. The summed E-state index contributed by atoms with van der Waals surface area (Å²) in [6, 6.07) is 3.83. The van der Waals surface area contributed by atoms with Crippen molar-refractivity contribution in [1.82, 2.24) is 24.7 Å². The second-order valence-electron chi connectivity index (χ2n) is 7.87. The number of nitrogens with zero attached hydrogens (tertiary/aromatic N) is 5. The molecule has 2 aromatic rings. The van der Waals surface area contributed by atoms with Crippen LogP contribution in [0.1, 0.15) is 37.9 Å². The number of H-pyrrole nitrogens is 1. The van der Waals surface area contributed by atoms with Gasteiger partial charge in [0.2, 0.25) is 10.0 Å². The van der Waals surface area contributed by atoms with E-state index in [1.807, 2.05) is 17.0 Å². The molecule has 1 aliphatic heterocycles. The number of rotatable bonds is 4. The van der Waals surface area contributed by atoms with Gasteiger partial charge in [-0.15, -0.1) is 5.10 Å². The van der Waals surface area contributed by atoms with Crippen LogP contribution in [0.15, 0.2) is 17.0 Å². The lowest BCUT2D eigenvalue weighted by Gasteiger charge is -2.43. The maximum Gasteiger partial charge on any atom is 0.246 e. The van der Waals surface area contributed by atoms with Crippen LogP contribution in [-0.4, -0.2) is 59.3 Å². The number of hydrogen-bond donors (Lipinski definition) is 1. The van der Waals surface area contributed by atoms with E-state index in [0.29, 0.717) is 24.5 Å². The fourth-order valence-electron chi connectivity index (χ4n) is 3.03. The van der Waals surface area contributed by atoms with E-state index in [-0.39, 0.29) is 16.4 Å². The SMILES string of the molecule is Cc1n[nH]c(C)c1S(=O)(=O)N(C)C1CN(c2ccc(C(C)(C)C)nn2)C1. The minimum atomic E-state index is -3.57. The van der Waals surface area contributed by atoms with Crippen molar-refractivity contribution in [2.75, 3.05) is 25.0 Å². The van der Waals surface area contributed by atoms with E-state index in [2.05, 4.69) is 41.2 Å². The average Bonchev–Trinajstić information content (AvgIpc) is 2.85. The Hall–Kier alpha value is -2.00. The van der Waals surface area contributed by atoms with E-state index >= 15 is 0 Å². The highest BCUT2D eigenvalue weighted by atomic mass is 32.2. The molecule has 1 aliphatic rings. The molecule has 0 unspecified atom stereocenters. The third-order valence-electron chi connectivity index (χ3n) is 4.82. The van der Waals surface area contributed by atoms with Crippen molar-refractivity contribution >= 4 is 15.8 Å². The molecule has 8 nitrogen and oxygen atoms in total. The maximum absolute atomic E-state index is 12.9. The minimum Gasteiger partial charge on any atom is -0.352 e. The maximum atomic E-state index is 12.9. The van der Waals surface area contributed by atoms with E-state index in [9.17, 15) is 8.42 Å². The molecule has 26 heavy (non-hydrogen) atoms. The molecule has 0 radical (unpaired) electrons. The fourth-order valence-corrected chi connectivity index (χ4v) is 4.69. The standard InChI is InChI=1S/C17H26N6O2S/c1-11-16(12(2)19-18-11)26(24,25)22(6)13-9-23(10-13)15-8-7-14(20-21-15)17(3,4)5/h7-8,13H,9-10H2,1-6H3,(H,18,19). The highest BCUT2D eigenvalue weighted by molar-refractivity contribution is 7.89. The van der Waals surface area contributed by atoms with Crippen LogP contribution in [0, 0.1) is 13.8 Å². The molecule has 1 N–H and O–H groups in total. The molecule has 1 saturated heterocycles. The van der Waals surface area contributed by atoms with Crippen LogP contribution >= 0.6 is 0 Å². The molecule has 0 atom stereocenters. The molecule has 0 saturated carbocycles. The molecule has 0 spiro atoms. The second-order valence-corrected chi connectivity index (χ2v) is 9.80. The zero-order chi connectivity index (χ0) is 19.3. The molecule has 0 aliphatic carbocycles. The summed E-state index contributed by atoms with van der Waals surface area (Å²) >= 11 is 0. The van der Waals surface area contributed by atoms with Crippen molar-refractivity contribution < 1.29 is 8.42 Å².